The van der Waals surface area contributed by atoms with Gasteiger partial charge in [-0.15, -0.1) is 0 Å². The summed E-state index contributed by atoms with van der Waals surface area (Å²) in [6, 6.07) is 12.6. The maximum Gasteiger partial charge on any atom is 0.335 e. The van der Waals surface area contributed by atoms with Crippen LogP contribution < -0.4 is 5.32 Å². The number of aromatic carboxylic acids is 1. The number of carboxylic acids is 1. The summed E-state index contributed by atoms with van der Waals surface area (Å²) in [5.41, 5.74) is 5.11. The van der Waals surface area contributed by atoms with Gasteiger partial charge in [0, 0.05) is 17.0 Å². The Labute approximate surface area is 155 Å². The third kappa shape index (κ3) is 3.00. The Balaban J connectivity index is 1.64. The van der Waals surface area contributed by atoms with E-state index in [0.29, 0.717) is 11.6 Å². The van der Waals surface area contributed by atoms with Crippen LogP contribution in [0.4, 0.5) is 0 Å². The molecule has 1 aliphatic rings. The van der Waals surface area contributed by atoms with Crippen molar-refractivity contribution in [2.45, 2.75) is 6.92 Å². The van der Waals surface area contributed by atoms with E-state index in [1.807, 2.05) is 49.4 Å². The maximum atomic E-state index is 11.0. The minimum absolute atomic E-state index is 0.283. The van der Waals surface area contributed by atoms with E-state index < -0.39 is 5.97 Å². The highest BCUT2D eigenvalue weighted by Gasteiger charge is 2.14. The standard InChI is InChI=1S/C21H16ClNO3/c1-12-8-17(22)9-16-10-19(26-20(12)16)18-7-6-15(11-23-18)13-2-4-14(5-3-13)21(24)25/h2-10,23H,11H2,1H3,(H,24,25). The Morgan fingerprint density at radius 1 is 1.15 bits per heavy atom. The van der Waals surface area contributed by atoms with Gasteiger partial charge in [-0.1, -0.05) is 29.8 Å². The normalized spacial score (nSPS) is 13.9. The Kier molecular flexibility index (Phi) is 4.05. The molecule has 1 aliphatic heterocycles. The van der Waals surface area contributed by atoms with Gasteiger partial charge in [-0.25, -0.2) is 4.79 Å². The lowest BCUT2D eigenvalue weighted by Gasteiger charge is -2.16. The number of fused-ring (bicyclic) bond motifs is 1. The fourth-order valence-electron chi connectivity index (χ4n) is 3.10. The molecule has 0 atom stereocenters. The zero-order valence-corrected chi connectivity index (χ0v) is 14.8. The molecule has 4 rings (SSSR count). The SMILES string of the molecule is Cc1cc(Cl)cc2cc(C3=CC=C(c4ccc(C(=O)O)cc4)CN3)oc12. The van der Waals surface area contributed by atoms with Crippen molar-refractivity contribution in [3.05, 3.63) is 82.1 Å². The molecule has 26 heavy (non-hydrogen) atoms. The second-order valence-electron chi connectivity index (χ2n) is 6.26. The molecule has 0 radical (unpaired) electrons. The zero-order chi connectivity index (χ0) is 18.3. The van der Waals surface area contributed by atoms with E-state index in [9.17, 15) is 4.79 Å². The summed E-state index contributed by atoms with van der Waals surface area (Å²) in [5.74, 6) is -0.156. The van der Waals surface area contributed by atoms with Crippen LogP contribution in [-0.2, 0) is 0 Å². The molecule has 0 spiro atoms. The van der Waals surface area contributed by atoms with E-state index in [-0.39, 0.29) is 5.56 Å². The molecular weight excluding hydrogens is 350 g/mol. The molecule has 0 unspecified atom stereocenters. The number of dihydropyridines is 1. The number of furan rings is 1. The van der Waals surface area contributed by atoms with E-state index in [1.54, 1.807) is 12.1 Å². The van der Waals surface area contributed by atoms with Crippen molar-refractivity contribution in [1.29, 1.82) is 0 Å². The number of allylic oxidation sites excluding steroid dienone is 2. The summed E-state index contributed by atoms with van der Waals surface area (Å²) in [6.07, 6.45) is 3.99. The highest BCUT2D eigenvalue weighted by atomic mass is 35.5. The topological polar surface area (TPSA) is 62.5 Å². The Morgan fingerprint density at radius 2 is 1.92 bits per heavy atom. The van der Waals surface area contributed by atoms with Gasteiger partial charge in [0.15, 0.2) is 5.76 Å². The van der Waals surface area contributed by atoms with Crippen LogP contribution in [0.2, 0.25) is 5.02 Å². The molecule has 4 nitrogen and oxygen atoms in total. The monoisotopic (exact) mass is 365 g/mol. The number of benzene rings is 2. The van der Waals surface area contributed by atoms with E-state index in [2.05, 4.69) is 5.32 Å². The van der Waals surface area contributed by atoms with Gasteiger partial charge in [-0.05, 0) is 60.0 Å². The molecule has 2 heterocycles. The molecule has 0 saturated carbocycles. The molecule has 0 amide bonds. The summed E-state index contributed by atoms with van der Waals surface area (Å²) >= 11 is 6.12. The summed E-state index contributed by atoms with van der Waals surface area (Å²) in [5, 5.41) is 14.0. The number of hydrogen-bond donors (Lipinski definition) is 2. The number of carbonyl (C=O) groups is 1. The lowest BCUT2D eigenvalue weighted by atomic mass is 10.0. The number of carboxylic acid groups (broad SMARTS) is 1. The van der Waals surface area contributed by atoms with Gasteiger partial charge in [0.1, 0.15) is 5.58 Å². The molecule has 2 N–H and O–H groups in total. The van der Waals surface area contributed by atoms with E-state index in [0.717, 1.165) is 39.1 Å². The molecule has 130 valence electrons. The van der Waals surface area contributed by atoms with Crippen LogP contribution in [0.25, 0.3) is 22.2 Å². The number of nitrogens with one attached hydrogen (secondary N) is 1. The van der Waals surface area contributed by atoms with Crippen LogP contribution in [-0.4, -0.2) is 17.6 Å². The summed E-state index contributed by atoms with van der Waals surface area (Å²) in [7, 11) is 0. The molecule has 0 fully saturated rings. The van der Waals surface area contributed by atoms with Gasteiger partial charge < -0.3 is 14.8 Å². The van der Waals surface area contributed by atoms with Crippen LogP contribution >= 0.6 is 11.6 Å². The molecule has 1 aromatic heterocycles. The van der Waals surface area contributed by atoms with Gasteiger partial charge in [0.2, 0.25) is 0 Å². The summed E-state index contributed by atoms with van der Waals surface area (Å²) in [4.78, 5) is 11.0. The van der Waals surface area contributed by atoms with Crippen LogP contribution in [0, 0.1) is 6.92 Å². The van der Waals surface area contributed by atoms with Crippen molar-refractivity contribution in [3.8, 4) is 0 Å². The second-order valence-corrected chi connectivity index (χ2v) is 6.70. The largest absolute Gasteiger partial charge is 0.478 e. The summed E-state index contributed by atoms with van der Waals surface area (Å²) < 4.78 is 5.99. The van der Waals surface area contributed by atoms with Gasteiger partial charge in [-0.3, -0.25) is 0 Å². The van der Waals surface area contributed by atoms with Crippen LogP contribution in [0.3, 0.4) is 0 Å². The van der Waals surface area contributed by atoms with Crippen molar-refractivity contribution in [1.82, 2.24) is 5.32 Å². The van der Waals surface area contributed by atoms with Crippen molar-refractivity contribution in [3.63, 3.8) is 0 Å². The average molecular weight is 366 g/mol. The van der Waals surface area contributed by atoms with Gasteiger partial charge in [0.25, 0.3) is 0 Å². The number of hydrogen-bond acceptors (Lipinski definition) is 3. The van der Waals surface area contributed by atoms with Gasteiger partial charge >= 0.3 is 5.97 Å². The first-order valence-corrected chi connectivity index (χ1v) is 8.57. The fraction of sp³-hybridized carbons (Fsp3) is 0.0952. The fourth-order valence-corrected chi connectivity index (χ4v) is 3.38. The van der Waals surface area contributed by atoms with Crippen molar-refractivity contribution < 1.29 is 14.3 Å². The maximum absolute atomic E-state index is 11.0. The molecule has 0 saturated heterocycles. The van der Waals surface area contributed by atoms with Crippen LogP contribution in [0.5, 0.6) is 0 Å². The highest BCUT2D eigenvalue weighted by molar-refractivity contribution is 6.31. The molecular formula is C21H16ClNO3. The van der Waals surface area contributed by atoms with Crippen LogP contribution in [0.15, 0.2) is 59.0 Å². The molecule has 3 aromatic rings. The predicted octanol–water partition coefficient (Wildman–Crippen LogP) is 5.12. The molecule has 2 aromatic carbocycles. The third-order valence-electron chi connectivity index (χ3n) is 4.46. The van der Waals surface area contributed by atoms with Crippen LogP contribution in [0.1, 0.15) is 27.2 Å². The number of aryl methyl sites for hydroxylation is 1. The first-order valence-electron chi connectivity index (χ1n) is 8.20. The lowest BCUT2D eigenvalue weighted by Crippen LogP contribution is -2.17. The average Bonchev–Trinajstić information content (AvgIpc) is 3.06. The first kappa shape index (κ1) is 16.5. The van der Waals surface area contributed by atoms with E-state index >= 15 is 0 Å². The Morgan fingerprint density at radius 3 is 2.58 bits per heavy atom. The quantitative estimate of drug-likeness (QED) is 0.676. The lowest BCUT2D eigenvalue weighted by molar-refractivity contribution is 0.0697. The smallest absolute Gasteiger partial charge is 0.335 e. The number of rotatable bonds is 3. The predicted molar refractivity (Wildman–Crippen MR) is 103 cm³/mol. The highest BCUT2D eigenvalue weighted by Crippen LogP contribution is 2.30. The van der Waals surface area contributed by atoms with Gasteiger partial charge in [0.05, 0.1) is 11.3 Å². The summed E-state index contributed by atoms with van der Waals surface area (Å²) in [6.45, 7) is 2.61. The van der Waals surface area contributed by atoms with Crippen molar-refractivity contribution >= 4 is 39.8 Å². The Hall–Kier alpha value is -2.98. The van der Waals surface area contributed by atoms with Crippen molar-refractivity contribution in [2.24, 2.45) is 0 Å². The minimum Gasteiger partial charge on any atom is -0.478 e. The van der Waals surface area contributed by atoms with E-state index in [4.69, 9.17) is 21.1 Å². The first-order chi connectivity index (χ1) is 12.5. The Bertz CT molecular complexity index is 1070. The molecule has 5 heteroatoms. The third-order valence-corrected chi connectivity index (χ3v) is 4.67. The van der Waals surface area contributed by atoms with E-state index in [1.165, 1.54) is 0 Å². The zero-order valence-electron chi connectivity index (χ0n) is 14.0. The second kappa shape index (κ2) is 6.39. The molecule has 0 bridgehead atoms. The molecule has 0 aliphatic carbocycles. The van der Waals surface area contributed by atoms with Gasteiger partial charge in [-0.2, -0.15) is 0 Å². The minimum atomic E-state index is -0.922. The number of halogens is 1. The van der Waals surface area contributed by atoms with Crippen molar-refractivity contribution in [2.75, 3.05) is 6.54 Å².